The minimum atomic E-state index is -3.05. The Balaban J connectivity index is 1.50. The fourth-order valence-corrected chi connectivity index (χ4v) is 5.19. The molecule has 1 aliphatic rings. The maximum absolute atomic E-state index is 15.4. The minimum Gasteiger partial charge on any atom is -0.323 e. The van der Waals surface area contributed by atoms with Crippen LogP contribution in [0.2, 0.25) is 10.2 Å². The van der Waals surface area contributed by atoms with Crippen LogP contribution in [0, 0.1) is 11.7 Å². The number of carbonyl (C=O) groups is 1. The Kier molecular flexibility index (Phi) is 7.28. The Labute approximate surface area is 260 Å². The van der Waals surface area contributed by atoms with Crippen LogP contribution in [0.4, 0.5) is 18.9 Å². The summed E-state index contributed by atoms with van der Waals surface area (Å²) in [6, 6.07) is 5.66. The normalized spacial score (nSPS) is 21.1. The first-order valence-electron chi connectivity index (χ1n) is 14.2. The fourth-order valence-electron chi connectivity index (χ4n) is 4.91. The number of amides is 1. The van der Waals surface area contributed by atoms with Gasteiger partial charge in [-0.1, -0.05) is 41.7 Å². The predicted molar refractivity (Wildman–Crippen MR) is 155 cm³/mol. The van der Waals surface area contributed by atoms with Crippen LogP contribution < -0.4 is 10.9 Å². The Morgan fingerprint density at radius 2 is 1.98 bits per heavy atom. The first kappa shape index (κ1) is 27.0. The van der Waals surface area contributed by atoms with Crippen molar-refractivity contribution in [2.24, 2.45) is 5.92 Å². The van der Waals surface area contributed by atoms with Crippen LogP contribution in [-0.2, 0) is 4.79 Å². The van der Waals surface area contributed by atoms with Crippen molar-refractivity contribution >= 4 is 34.8 Å². The molecule has 5 heterocycles. The van der Waals surface area contributed by atoms with E-state index < -0.39 is 48.6 Å². The number of alkyl halides is 2. The van der Waals surface area contributed by atoms with Gasteiger partial charge in [0.1, 0.15) is 0 Å². The molecule has 4 aromatic heterocycles. The van der Waals surface area contributed by atoms with Crippen LogP contribution in [-0.4, -0.2) is 45.2 Å². The first-order chi connectivity index (χ1) is 21.9. The third-order valence-electron chi connectivity index (χ3n) is 7.04. The van der Waals surface area contributed by atoms with Crippen molar-refractivity contribution in [2.75, 3.05) is 5.32 Å². The summed E-state index contributed by atoms with van der Waals surface area (Å²) < 4.78 is 63.6. The summed E-state index contributed by atoms with van der Waals surface area (Å²) in [7, 11) is 0. The molecule has 1 amide bonds. The zero-order chi connectivity index (χ0) is 32.9. The lowest BCUT2D eigenvalue weighted by Crippen LogP contribution is -2.27. The highest BCUT2D eigenvalue weighted by Gasteiger charge is 2.27. The maximum Gasteiger partial charge on any atom is 0.333 e. The van der Waals surface area contributed by atoms with E-state index in [1.165, 1.54) is 48.3 Å². The van der Waals surface area contributed by atoms with Gasteiger partial charge in [0.2, 0.25) is 5.91 Å². The van der Waals surface area contributed by atoms with E-state index in [0.29, 0.717) is 4.68 Å². The lowest BCUT2D eigenvalue weighted by Gasteiger charge is -2.22. The molecule has 2 unspecified atom stereocenters. The minimum absolute atomic E-state index is 0.0173. The van der Waals surface area contributed by atoms with Crippen molar-refractivity contribution in [3.63, 3.8) is 0 Å². The second-order valence-corrected chi connectivity index (χ2v) is 10.6. The predicted octanol–water partition coefficient (Wildman–Crippen LogP) is 5.94. The van der Waals surface area contributed by atoms with Crippen molar-refractivity contribution in [1.29, 1.82) is 0 Å². The van der Waals surface area contributed by atoms with Gasteiger partial charge in [0, 0.05) is 26.5 Å². The first-order valence-corrected chi connectivity index (χ1v) is 13.8. The molecule has 0 spiro atoms. The van der Waals surface area contributed by atoms with Crippen LogP contribution in [0.25, 0.3) is 28.2 Å². The molecule has 44 heavy (non-hydrogen) atoms. The lowest BCUT2D eigenvalue weighted by molar-refractivity contribution is -0.119. The van der Waals surface area contributed by atoms with Crippen molar-refractivity contribution in [1.82, 2.24) is 39.3 Å². The van der Waals surface area contributed by atoms with Gasteiger partial charge in [-0.3, -0.25) is 19.1 Å². The van der Waals surface area contributed by atoms with Gasteiger partial charge < -0.3 is 5.32 Å². The van der Waals surface area contributed by atoms with Gasteiger partial charge in [0.25, 0.3) is 5.56 Å². The molecule has 0 radical (unpaired) electrons. The van der Waals surface area contributed by atoms with Crippen molar-refractivity contribution in [2.45, 2.75) is 38.7 Å². The molecule has 4 atom stereocenters. The third kappa shape index (κ3) is 5.46. The van der Waals surface area contributed by atoms with E-state index >= 15 is 4.39 Å². The standard InChI is InChI=1S/C28H22Cl2F3N9O2/c1-14-3-2-4-20(17-9-15(7-8-34-17)26-19(37-27(14)44)11-36-42(26)28(32)33)40-13-35-18(10-23(40)43)24-21(6-5-16(29)25(24)31)41-12-22(30)38-39-41/h5-14,20,28H,2-4H2,1H3,(H,37,44)/t14-,20+/m1/s1/i2D,3D/t2?,3?,14-,20+. The Morgan fingerprint density at radius 3 is 2.70 bits per heavy atom. The van der Waals surface area contributed by atoms with Crippen molar-refractivity contribution in [3.8, 4) is 28.2 Å². The van der Waals surface area contributed by atoms with E-state index in [9.17, 15) is 18.4 Å². The van der Waals surface area contributed by atoms with E-state index in [1.54, 1.807) is 0 Å². The fraction of sp³-hybridized carbons (Fsp3) is 0.250. The summed E-state index contributed by atoms with van der Waals surface area (Å²) in [4.78, 5) is 35.5. The number of fused-ring (bicyclic) bond motifs is 4. The van der Waals surface area contributed by atoms with Gasteiger partial charge in [-0.25, -0.2) is 18.7 Å². The topological polar surface area (TPSA) is 125 Å². The Bertz CT molecular complexity index is 2020. The highest BCUT2D eigenvalue weighted by Crippen LogP contribution is 2.36. The molecule has 16 heteroatoms. The van der Waals surface area contributed by atoms with E-state index in [2.05, 4.69) is 30.7 Å². The molecular formula is C28H22Cl2F3N9O2. The summed E-state index contributed by atoms with van der Waals surface area (Å²) in [5.74, 6) is -2.57. The molecule has 1 N–H and O–H groups in total. The molecule has 11 nitrogen and oxygen atoms in total. The number of nitrogens with one attached hydrogen (secondary N) is 1. The number of benzene rings is 1. The number of rotatable bonds is 4. The van der Waals surface area contributed by atoms with E-state index in [0.717, 1.165) is 23.2 Å². The zero-order valence-electron chi connectivity index (χ0n) is 24.6. The lowest BCUT2D eigenvalue weighted by atomic mass is 9.97. The van der Waals surface area contributed by atoms with Crippen LogP contribution >= 0.6 is 23.2 Å². The third-order valence-corrected chi connectivity index (χ3v) is 7.51. The number of carbonyl (C=O) groups excluding carboxylic acids is 1. The molecule has 1 aromatic carbocycles. The van der Waals surface area contributed by atoms with Gasteiger partial charge in [0.15, 0.2) is 11.0 Å². The second kappa shape index (κ2) is 11.8. The van der Waals surface area contributed by atoms with Crippen LogP contribution in [0.5, 0.6) is 0 Å². The number of pyridine rings is 1. The zero-order valence-corrected chi connectivity index (χ0v) is 24.1. The molecule has 0 saturated carbocycles. The number of hydrogen-bond donors (Lipinski definition) is 1. The maximum atomic E-state index is 15.4. The van der Waals surface area contributed by atoms with E-state index in [-0.39, 0.29) is 56.2 Å². The van der Waals surface area contributed by atoms with Gasteiger partial charge in [-0.2, -0.15) is 13.9 Å². The van der Waals surface area contributed by atoms with Crippen molar-refractivity contribution < 1.29 is 20.7 Å². The highest BCUT2D eigenvalue weighted by molar-refractivity contribution is 6.31. The van der Waals surface area contributed by atoms with Crippen molar-refractivity contribution in [3.05, 3.63) is 87.3 Å². The quantitative estimate of drug-likeness (QED) is 0.256. The molecule has 226 valence electrons. The average molecular weight is 646 g/mol. The van der Waals surface area contributed by atoms with Crippen LogP contribution in [0.15, 0.2) is 60.0 Å². The average Bonchev–Trinajstić information content (AvgIpc) is 3.66. The molecule has 6 rings (SSSR count). The van der Waals surface area contributed by atoms with E-state index in [1.807, 2.05) is 0 Å². The molecule has 0 aliphatic carbocycles. The smallest absolute Gasteiger partial charge is 0.323 e. The van der Waals surface area contributed by atoms with Crippen LogP contribution in [0.3, 0.4) is 0 Å². The molecule has 1 aliphatic heterocycles. The van der Waals surface area contributed by atoms with Gasteiger partial charge in [-0.05, 0) is 37.1 Å². The molecule has 5 aromatic rings. The summed E-state index contributed by atoms with van der Waals surface area (Å²) in [6.07, 6.45) is 2.21. The van der Waals surface area contributed by atoms with Gasteiger partial charge in [0.05, 0.1) is 63.8 Å². The van der Waals surface area contributed by atoms with Crippen LogP contribution in [0.1, 0.15) is 47.2 Å². The van der Waals surface area contributed by atoms with Gasteiger partial charge in [-0.15, -0.1) is 5.10 Å². The number of halogens is 5. The number of aromatic nitrogens is 8. The number of hydrogen-bond acceptors (Lipinski definition) is 7. The second-order valence-electron chi connectivity index (χ2n) is 9.82. The van der Waals surface area contributed by atoms with Gasteiger partial charge >= 0.3 is 6.55 Å². The Morgan fingerprint density at radius 1 is 1.16 bits per heavy atom. The SMILES string of the molecule is [2H]C1C[C@H](n2cnc(-c3c(-n4cc(Cl)nn4)ccc(Cl)c3F)cc2=O)c2cc(ccn2)-c2c(cnn2C(F)F)NC(=O)[C@H](C)C1[2H]. The Hall–Kier alpha value is -4.56. The summed E-state index contributed by atoms with van der Waals surface area (Å²) >= 11 is 12.0. The monoisotopic (exact) mass is 645 g/mol. The largest absolute Gasteiger partial charge is 0.333 e. The number of anilines is 1. The molecule has 0 fully saturated rings. The molecular weight excluding hydrogens is 622 g/mol. The molecule has 2 bridgehead atoms. The summed E-state index contributed by atoms with van der Waals surface area (Å²) in [6.45, 7) is -1.60. The summed E-state index contributed by atoms with van der Waals surface area (Å²) in [5, 5.41) is 13.7. The highest BCUT2D eigenvalue weighted by atomic mass is 35.5. The summed E-state index contributed by atoms with van der Waals surface area (Å²) in [5.41, 5.74) is -0.532. The molecule has 0 saturated heterocycles. The van der Waals surface area contributed by atoms with E-state index in [4.69, 9.17) is 25.9 Å². The number of nitrogens with zero attached hydrogens (tertiary/aromatic N) is 8.